The van der Waals surface area contributed by atoms with E-state index in [-0.39, 0.29) is 11.9 Å². The third-order valence-electron chi connectivity index (χ3n) is 4.92. The quantitative estimate of drug-likeness (QED) is 0.820. The molecule has 1 aliphatic heterocycles. The van der Waals surface area contributed by atoms with Gasteiger partial charge < -0.3 is 10.6 Å². The molecule has 1 aliphatic rings. The summed E-state index contributed by atoms with van der Waals surface area (Å²) in [7, 11) is 0. The lowest BCUT2D eigenvalue weighted by molar-refractivity contribution is 0.0681. The molecule has 1 amide bonds. The number of benzene rings is 2. The van der Waals surface area contributed by atoms with Gasteiger partial charge in [0.15, 0.2) is 0 Å². The van der Waals surface area contributed by atoms with Crippen molar-refractivity contribution in [3.8, 4) is 0 Å². The lowest BCUT2D eigenvalue weighted by Gasteiger charge is -2.33. The Balaban J connectivity index is 1.54. The van der Waals surface area contributed by atoms with Gasteiger partial charge in [0.05, 0.1) is 0 Å². The third-order valence-corrected chi connectivity index (χ3v) is 6.00. The standard InChI is InChI=1S/C21H26N2OS/c1-16(22)18-11-13-23(14-12-18)21(24)19-9-7-17(8-10-19)15-25-20-5-3-2-4-6-20/h2-10,16,18H,11-15,22H2,1H3. The van der Waals surface area contributed by atoms with E-state index in [4.69, 9.17) is 5.73 Å². The predicted molar refractivity (Wildman–Crippen MR) is 105 cm³/mol. The molecule has 0 aromatic heterocycles. The molecule has 1 atom stereocenters. The Morgan fingerprint density at radius 3 is 2.36 bits per heavy atom. The largest absolute Gasteiger partial charge is 0.339 e. The van der Waals surface area contributed by atoms with Crippen molar-refractivity contribution in [3.05, 3.63) is 65.7 Å². The van der Waals surface area contributed by atoms with Gasteiger partial charge in [-0.05, 0) is 55.5 Å². The molecule has 132 valence electrons. The van der Waals surface area contributed by atoms with Gasteiger partial charge in [0.2, 0.25) is 0 Å². The van der Waals surface area contributed by atoms with Crippen molar-refractivity contribution in [2.75, 3.05) is 13.1 Å². The second-order valence-electron chi connectivity index (χ2n) is 6.79. The highest BCUT2D eigenvalue weighted by atomic mass is 32.2. The summed E-state index contributed by atoms with van der Waals surface area (Å²) in [6, 6.07) is 18.7. The highest BCUT2D eigenvalue weighted by Crippen LogP contribution is 2.24. The van der Waals surface area contributed by atoms with Crippen LogP contribution in [0.2, 0.25) is 0 Å². The van der Waals surface area contributed by atoms with Crippen LogP contribution in [-0.4, -0.2) is 29.9 Å². The molecule has 25 heavy (non-hydrogen) atoms. The van der Waals surface area contributed by atoms with E-state index < -0.39 is 0 Å². The minimum Gasteiger partial charge on any atom is -0.339 e. The van der Waals surface area contributed by atoms with Gasteiger partial charge in [0.1, 0.15) is 0 Å². The zero-order valence-electron chi connectivity index (χ0n) is 14.7. The van der Waals surface area contributed by atoms with Crippen molar-refractivity contribution < 1.29 is 4.79 Å². The summed E-state index contributed by atoms with van der Waals surface area (Å²) in [6.45, 7) is 3.70. The molecule has 0 aliphatic carbocycles. The van der Waals surface area contributed by atoms with E-state index in [1.54, 1.807) is 0 Å². The van der Waals surface area contributed by atoms with Crippen molar-refractivity contribution in [2.45, 2.75) is 36.5 Å². The number of piperidine rings is 1. The SMILES string of the molecule is CC(N)C1CCN(C(=O)c2ccc(CSc3ccccc3)cc2)CC1. The molecule has 2 aromatic rings. The first-order chi connectivity index (χ1) is 12.1. The van der Waals surface area contributed by atoms with Gasteiger partial charge in [-0.2, -0.15) is 0 Å². The smallest absolute Gasteiger partial charge is 0.253 e. The summed E-state index contributed by atoms with van der Waals surface area (Å²) in [5.41, 5.74) is 8.00. The van der Waals surface area contributed by atoms with E-state index in [1.807, 2.05) is 34.9 Å². The molecule has 3 nitrogen and oxygen atoms in total. The Bertz CT molecular complexity index is 677. The minimum absolute atomic E-state index is 0.144. The number of hydrogen-bond acceptors (Lipinski definition) is 3. The Morgan fingerprint density at radius 1 is 1.12 bits per heavy atom. The number of amides is 1. The summed E-state index contributed by atoms with van der Waals surface area (Å²) in [5.74, 6) is 1.60. The molecular weight excluding hydrogens is 328 g/mol. The number of thioether (sulfide) groups is 1. The van der Waals surface area contributed by atoms with Crippen molar-refractivity contribution in [1.82, 2.24) is 4.90 Å². The van der Waals surface area contributed by atoms with Crippen LogP contribution in [0.4, 0.5) is 0 Å². The Labute approximate surface area is 154 Å². The number of likely N-dealkylation sites (tertiary alicyclic amines) is 1. The van der Waals surface area contributed by atoms with Crippen LogP contribution >= 0.6 is 11.8 Å². The van der Waals surface area contributed by atoms with E-state index in [0.717, 1.165) is 37.2 Å². The lowest BCUT2D eigenvalue weighted by atomic mass is 9.90. The van der Waals surface area contributed by atoms with E-state index in [2.05, 4.69) is 43.3 Å². The van der Waals surface area contributed by atoms with Gasteiger partial charge >= 0.3 is 0 Å². The maximum atomic E-state index is 12.7. The number of hydrogen-bond donors (Lipinski definition) is 1. The maximum Gasteiger partial charge on any atom is 0.253 e. The fraction of sp³-hybridized carbons (Fsp3) is 0.381. The molecule has 1 heterocycles. The molecule has 1 fully saturated rings. The fourth-order valence-electron chi connectivity index (χ4n) is 3.24. The van der Waals surface area contributed by atoms with Crippen LogP contribution in [0.25, 0.3) is 0 Å². The van der Waals surface area contributed by atoms with Crippen LogP contribution in [0.1, 0.15) is 35.7 Å². The van der Waals surface area contributed by atoms with Gasteiger partial charge in [-0.25, -0.2) is 0 Å². The first kappa shape index (κ1) is 18.0. The first-order valence-corrected chi connectivity index (χ1v) is 9.93. The molecular formula is C21H26N2OS. The zero-order chi connectivity index (χ0) is 17.6. The molecule has 0 saturated carbocycles. The van der Waals surface area contributed by atoms with Crippen LogP contribution in [0.5, 0.6) is 0 Å². The van der Waals surface area contributed by atoms with E-state index in [9.17, 15) is 4.79 Å². The Hall–Kier alpha value is -1.78. The summed E-state index contributed by atoms with van der Waals surface area (Å²) in [6.07, 6.45) is 2.02. The minimum atomic E-state index is 0.144. The Kier molecular flexibility index (Phi) is 6.16. The fourth-order valence-corrected chi connectivity index (χ4v) is 4.11. The summed E-state index contributed by atoms with van der Waals surface area (Å²) >= 11 is 1.81. The number of carbonyl (C=O) groups is 1. The maximum absolute atomic E-state index is 12.7. The molecule has 0 spiro atoms. The molecule has 1 unspecified atom stereocenters. The van der Waals surface area contributed by atoms with E-state index in [0.29, 0.717) is 5.92 Å². The molecule has 2 aromatic carbocycles. The average Bonchev–Trinajstić information content (AvgIpc) is 2.67. The summed E-state index contributed by atoms with van der Waals surface area (Å²) in [4.78, 5) is 15.9. The number of nitrogens with zero attached hydrogens (tertiary/aromatic N) is 1. The number of nitrogens with two attached hydrogens (primary N) is 1. The van der Waals surface area contributed by atoms with Crippen molar-refractivity contribution in [3.63, 3.8) is 0 Å². The second kappa shape index (κ2) is 8.54. The van der Waals surface area contributed by atoms with Crippen LogP contribution in [0, 0.1) is 5.92 Å². The molecule has 0 radical (unpaired) electrons. The molecule has 3 rings (SSSR count). The monoisotopic (exact) mass is 354 g/mol. The Morgan fingerprint density at radius 2 is 1.76 bits per heavy atom. The van der Waals surface area contributed by atoms with Crippen LogP contribution < -0.4 is 5.73 Å². The predicted octanol–water partition coefficient (Wildman–Crippen LogP) is 4.18. The van der Waals surface area contributed by atoms with Crippen molar-refractivity contribution >= 4 is 17.7 Å². The number of rotatable bonds is 5. The van der Waals surface area contributed by atoms with Crippen molar-refractivity contribution in [2.24, 2.45) is 11.7 Å². The van der Waals surface area contributed by atoms with Gasteiger partial charge in [-0.3, -0.25) is 4.79 Å². The normalized spacial score (nSPS) is 16.6. The molecule has 0 bridgehead atoms. The van der Waals surface area contributed by atoms with Crippen molar-refractivity contribution in [1.29, 1.82) is 0 Å². The van der Waals surface area contributed by atoms with Crippen LogP contribution in [0.3, 0.4) is 0 Å². The first-order valence-electron chi connectivity index (χ1n) is 8.95. The topological polar surface area (TPSA) is 46.3 Å². The van der Waals surface area contributed by atoms with Gasteiger partial charge in [0.25, 0.3) is 5.91 Å². The van der Waals surface area contributed by atoms with E-state index in [1.165, 1.54) is 10.5 Å². The average molecular weight is 355 g/mol. The molecule has 1 saturated heterocycles. The van der Waals surface area contributed by atoms with Gasteiger partial charge in [-0.1, -0.05) is 30.3 Å². The highest BCUT2D eigenvalue weighted by molar-refractivity contribution is 7.98. The second-order valence-corrected chi connectivity index (χ2v) is 7.84. The van der Waals surface area contributed by atoms with Crippen LogP contribution in [0.15, 0.2) is 59.5 Å². The number of carbonyl (C=O) groups excluding carboxylic acids is 1. The van der Waals surface area contributed by atoms with E-state index >= 15 is 0 Å². The third kappa shape index (κ3) is 4.86. The zero-order valence-corrected chi connectivity index (χ0v) is 15.5. The highest BCUT2D eigenvalue weighted by Gasteiger charge is 2.25. The van der Waals surface area contributed by atoms with Gasteiger partial charge in [0, 0.05) is 35.3 Å². The molecule has 4 heteroatoms. The van der Waals surface area contributed by atoms with Gasteiger partial charge in [-0.15, -0.1) is 11.8 Å². The summed E-state index contributed by atoms with van der Waals surface area (Å²) in [5, 5.41) is 0. The van der Waals surface area contributed by atoms with Crippen LogP contribution in [-0.2, 0) is 5.75 Å². The molecule has 2 N–H and O–H groups in total. The lowest BCUT2D eigenvalue weighted by Crippen LogP contribution is -2.42. The summed E-state index contributed by atoms with van der Waals surface area (Å²) < 4.78 is 0.